The van der Waals surface area contributed by atoms with Gasteiger partial charge in [-0.25, -0.2) is 13.1 Å². The lowest BCUT2D eigenvalue weighted by Gasteiger charge is -2.09. The molecule has 0 atom stereocenters. The van der Waals surface area contributed by atoms with Crippen LogP contribution in [0, 0.1) is 10.1 Å². The molecule has 0 saturated heterocycles. The number of ether oxygens (including phenoxy) is 1. The number of hydrogen-bond donors (Lipinski definition) is 1. The number of nitro benzene ring substituents is 1. The molecule has 9 heteroatoms. The van der Waals surface area contributed by atoms with E-state index in [2.05, 4.69) is 4.72 Å². The first-order chi connectivity index (χ1) is 10.8. The first kappa shape index (κ1) is 17.2. The predicted molar refractivity (Wildman–Crippen MR) is 85.1 cm³/mol. The standard InChI is InChI=1S/C14H13ClN2O5S/c1-22-14-7-6-12(8-13(14)15)23(20,21)16-9-10-2-4-11(5-3-10)17(18)19/h2-8,16H,9H2,1H3. The molecule has 23 heavy (non-hydrogen) atoms. The molecule has 0 bridgehead atoms. The van der Waals surface area contributed by atoms with Crippen LogP contribution in [0.1, 0.15) is 5.56 Å². The highest BCUT2D eigenvalue weighted by Crippen LogP contribution is 2.26. The topological polar surface area (TPSA) is 98.5 Å². The molecule has 2 aromatic carbocycles. The van der Waals surface area contributed by atoms with Crippen LogP contribution >= 0.6 is 11.6 Å². The Balaban J connectivity index is 2.12. The van der Waals surface area contributed by atoms with Crippen molar-refractivity contribution in [2.75, 3.05) is 7.11 Å². The van der Waals surface area contributed by atoms with E-state index in [-0.39, 0.29) is 22.2 Å². The van der Waals surface area contributed by atoms with Gasteiger partial charge in [0.05, 0.1) is 22.0 Å². The third-order valence-electron chi connectivity index (χ3n) is 3.05. The smallest absolute Gasteiger partial charge is 0.269 e. The van der Waals surface area contributed by atoms with Gasteiger partial charge >= 0.3 is 0 Å². The summed E-state index contributed by atoms with van der Waals surface area (Å²) in [6, 6.07) is 9.73. The van der Waals surface area contributed by atoms with Crippen LogP contribution in [-0.2, 0) is 16.6 Å². The largest absolute Gasteiger partial charge is 0.495 e. The number of rotatable bonds is 6. The molecule has 0 fully saturated rings. The quantitative estimate of drug-likeness (QED) is 0.633. The van der Waals surface area contributed by atoms with Gasteiger partial charge < -0.3 is 4.74 Å². The molecule has 0 aliphatic rings. The molecule has 122 valence electrons. The van der Waals surface area contributed by atoms with Crippen molar-refractivity contribution in [3.8, 4) is 5.75 Å². The average molecular weight is 357 g/mol. The second-order valence-corrected chi connectivity index (χ2v) is 6.72. The first-order valence-electron chi connectivity index (χ1n) is 6.40. The Morgan fingerprint density at radius 3 is 2.39 bits per heavy atom. The second kappa shape index (κ2) is 6.95. The molecule has 0 saturated carbocycles. The van der Waals surface area contributed by atoms with Crippen LogP contribution in [0.5, 0.6) is 5.75 Å². The van der Waals surface area contributed by atoms with Gasteiger partial charge in [0.25, 0.3) is 5.69 Å². The van der Waals surface area contributed by atoms with E-state index in [1.165, 1.54) is 49.6 Å². The zero-order valence-corrected chi connectivity index (χ0v) is 13.6. The summed E-state index contributed by atoms with van der Waals surface area (Å²) in [6.45, 7) is 0.00394. The third kappa shape index (κ3) is 4.19. The highest BCUT2D eigenvalue weighted by molar-refractivity contribution is 7.89. The summed E-state index contributed by atoms with van der Waals surface area (Å²) in [6.07, 6.45) is 0. The van der Waals surface area contributed by atoms with Gasteiger partial charge in [0, 0.05) is 18.7 Å². The lowest BCUT2D eigenvalue weighted by atomic mass is 10.2. The SMILES string of the molecule is COc1ccc(S(=O)(=O)NCc2ccc([N+](=O)[O-])cc2)cc1Cl. The Bertz CT molecular complexity index is 822. The zero-order chi connectivity index (χ0) is 17.0. The Labute approximate surface area is 138 Å². The number of nitrogens with zero attached hydrogens (tertiary/aromatic N) is 1. The molecular formula is C14H13ClN2O5S. The molecule has 0 spiro atoms. The molecule has 0 unspecified atom stereocenters. The summed E-state index contributed by atoms with van der Waals surface area (Å²) < 4.78 is 31.8. The number of non-ortho nitro benzene ring substituents is 1. The highest BCUT2D eigenvalue weighted by atomic mass is 35.5. The summed E-state index contributed by atoms with van der Waals surface area (Å²) >= 11 is 5.92. The maximum atomic E-state index is 12.2. The molecule has 1 N–H and O–H groups in total. The molecule has 0 aromatic heterocycles. The number of hydrogen-bond acceptors (Lipinski definition) is 5. The van der Waals surface area contributed by atoms with Gasteiger partial charge in [-0.3, -0.25) is 10.1 Å². The minimum atomic E-state index is -3.76. The number of halogens is 1. The molecule has 0 heterocycles. The van der Waals surface area contributed by atoms with Crippen LogP contribution in [0.2, 0.25) is 5.02 Å². The predicted octanol–water partition coefficient (Wildman–Crippen LogP) is 2.74. The summed E-state index contributed by atoms with van der Waals surface area (Å²) in [5.41, 5.74) is 0.539. The van der Waals surface area contributed by atoms with E-state index in [1.54, 1.807) is 0 Å². The van der Waals surface area contributed by atoms with Gasteiger partial charge in [0.2, 0.25) is 10.0 Å². The van der Waals surface area contributed by atoms with Crippen molar-refractivity contribution in [2.24, 2.45) is 0 Å². The molecule has 2 aromatic rings. The number of benzene rings is 2. The minimum absolute atomic E-state index is 0.00394. The normalized spacial score (nSPS) is 11.2. The van der Waals surface area contributed by atoms with Gasteiger partial charge in [-0.05, 0) is 23.8 Å². The number of methoxy groups -OCH3 is 1. The van der Waals surface area contributed by atoms with E-state index in [9.17, 15) is 18.5 Å². The van der Waals surface area contributed by atoms with E-state index in [1.807, 2.05) is 0 Å². The molecular weight excluding hydrogens is 344 g/mol. The fourth-order valence-electron chi connectivity index (χ4n) is 1.81. The summed E-state index contributed by atoms with van der Waals surface area (Å²) in [4.78, 5) is 10.1. The van der Waals surface area contributed by atoms with Crippen LogP contribution in [0.4, 0.5) is 5.69 Å². The molecule has 0 radical (unpaired) electrons. The number of sulfonamides is 1. The van der Waals surface area contributed by atoms with Crippen LogP contribution in [-0.4, -0.2) is 20.5 Å². The van der Waals surface area contributed by atoms with E-state index in [0.717, 1.165) is 0 Å². The molecule has 0 amide bonds. The van der Waals surface area contributed by atoms with Crippen LogP contribution in [0.3, 0.4) is 0 Å². The molecule has 0 aliphatic heterocycles. The Kier molecular flexibility index (Phi) is 5.19. The zero-order valence-electron chi connectivity index (χ0n) is 12.0. The van der Waals surface area contributed by atoms with E-state index >= 15 is 0 Å². The van der Waals surface area contributed by atoms with E-state index in [0.29, 0.717) is 11.3 Å². The van der Waals surface area contributed by atoms with Crippen molar-refractivity contribution < 1.29 is 18.1 Å². The number of nitro groups is 1. The van der Waals surface area contributed by atoms with Gasteiger partial charge in [-0.2, -0.15) is 0 Å². The van der Waals surface area contributed by atoms with Crippen LogP contribution in [0.15, 0.2) is 47.4 Å². The second-order valence-electron chi connectivity index (χ2n) is 4.54. The first-order valence-corrected chi connectivity index (χ1v) is 8.26. The van der Waals surface area contributed by atoms with Gasteiger partial charge in [0.15, 0.2) is 0 Å². The van der Waals surface area contributed by atoms with E-state index < -0.39 is 14.9 Å². The van der Waals surface area contributed by atoms with Crippen molar-refractivity contribution in [2.45, 2.75) is 11.4 Å². The summed E-state index contributed by atoms with van der Waals surface area (Å²) in [5.74, 6) is 0.376. The minimum Gasteiger partial charge on any atom is -0.495 e. The fraction of sp³-hybridized carbons (Fsp3) is 0.143. The maximum Gasteiger partial charge on any atom is 0.269 e. The summed E-state index contributed by atoms with van der Waals surface area (Å²) in [5, 5.41) is 10.8. The van der Waals surface area contributed by atoms with Gasteiger partial charge in [0.1, 0.15) is 5.75 Å². The van der Waals surface area contributed by atoms with Crippen LogP contribution in [0.25, 0.3) is 0 Å². The Hall–Kier alpha value is -2.16. The van der Waals surface area contributed by atoms with Crippen LogP contribution < -0.4 is 9.46 Å². The van der Waals surface area contributed by atoms with E-state index in [4.69, 9.17) is 16.3 Å². The average Bonchev–Trinajstić information content (AvgIpc) is 2.53. The lowest BCUT2D eigenvalue weighted by Crippen LogP contribution is -2.23. The molecule has 7 nitrogen and oxygen atoms in total. The van der Waals surface area contributed by atoms with Crippen molar-refractivity contribution in [3.05, 3.63) is 63.2 Å². The Morgan fingerprint density at radius 1 is 1.22 bits per heavy atom. The van der Waals surface area contributed by atoms with Gasteiger partial charge in [-0.1, -0.05) is 23.7 Å². The molecule has 0 aliphatic carbocycles. The number of nitrogens with one attached hydrogen (secondary N) is 1. The van der Waals surface area contributed by atoms with Crippen molar-refractivity contribution in [1.29, 1.82) is 0 Å². The lowest BCUT2D eigenvalue weighted by molar-refractivity contribution is -0.384. The van der Waals surface area contributed by atoms with Crippen molar-refractivity contribution >= 4 is 27.3 Å². The van der Waals surface area contributed by atoms with Crippen molar-refractivity contribution in [3.63, 3.8) is 0 Å². The summed E-state index contributed by atoms with van der Waals surface area (Å²) in [7, 11) is -2.32. The fourth-order valence-corrected chi connectivity index (χ4v) is 3.18. The third-order valence-corrected chi connectivity index (χ3v) is 4.74. The maximum absolute atomic E-state index is 12.2. The highest BCUT2D eigenvalue weighted by Gasteiger charge is 2.16. The van der Waals surface area contributed by atoms with Crippen molar-refractivity contribution in [1.82, 2.24) is 4.72 Å². The Morgan fingerprint density at radius 2 is 1.87 bits per heavy atom. The monoisotopic (exact) mass is 356 g/mol. The van der Waals surface area contributed by atoms with Gasteiger partial charge in [-0.15, -0.1) is 0 Å². The molecule has 2 rings (SSSR count).